The third-order valence-corrected chi connectivity index (χ3v) is 15.8. The fourth-order valence-corrected chi connectivity index (χ4v) is 11.6. The minimum atomic E-state index is -1.00. The van der Waals surface area contributed by atoms with Crippen molar-refractivity contribution >= 4 is 41.5 Å². The number of carbonyl (C=O) groups is 2. The quantitative estimate of drug-likeness (QED) is 0.0679. The number of hydrogen-bond donors (Lipinski definition) is 6. The van der Waals surface area contributed by atoms with Gasteiger partial charge in [0.1, 0.15) is 11.7 Å². The van der Waals surface area contributed by atoms with Gasteiger partial charge in [0.2, 0.25) is 0 Å². The zero-order chi connectivity index (χ0) is 47.3. The molecule has 10 atom stereocenters. The first-order valence-electron chi connectivity index (χ1n) is 25.4. The molecule has 5 heterocycles. The maximum absolute atomic E-state index is 13.7. The number of H-pyrrole nitrogens is 2. The first-order chi connectivity index (χ1) is 30.9. The van der Waals surface area contributed by atoms with Crippen molar-refractivity contribution in [3.8, 4) is 0 Å². The molecule has 360 valence electrons. The lowest BCUT2D eigenvalue weighted by Crippen LogP contribution is -2.38. The van der Waals surface area contributed by atoms with Gasteiger partial charge in [0.05, 0.1) is 31.2 Å². The number of ether oxygens (including phenoxy) is 2. The molecule has 10 nitrogen and oxygen atoms in total. The standard InChI is InChI=1S/C55H84N4O6/c1-13-39-34(7)41-29-46-48(38(11)60)36(9)43(57-46)27-42-35(8)40(52(58-42)50-51(55(63)64-12)54(62)49-37(10)44(59-53(49)50)28-45(39)56-41)23-24-47(61)65-26-25-33(6)22-16-21-32(5)20-15-19-31(4)18-14-17-30(2)3/h27-35,38-40,51-52,56-60,62H,13-26H2,1-12H3/b41-29-,42-27-,45-28-/t31-,32-,33?,34+,35-,38?,39+,40-,51+,52-/m0/s1. The third-order valence-electron chi connectivity index (χ3n) is 15.8. The van der Waals surface area contributed by atoms with Crippen LogP contribution in [0, 0.1) is 67.1 Å². The van der Waals surface area contributed by atoms with Crippen molar-refractivity contribution < 1.29 is 29.3 Å². The van der Waals surface area contributed by atoms with Crippen LogP contribution in [-0.4, -0.2) is 51.9 Å². The number of aliphatic hydroxyl groups is 2. The van der Waals surface area contributed by atoms with E-state index < -0.39 is 24.0 Å². The summed E-state index contributed by atoms with van der Waals surface area (Å²) in [5.74, 6) is 1.36. The Bertz CT molecular complexity index is 2220. The van der Waals surface area contributed by atoms with Crippen LogP contribution in [0.1, 0.15) is 186 Å². The van der Waals surface area contributed by atoms with Crippen molar-refractivity contribution in [2.75, 3.05) is 13.7 Å². The molecular weight excluding hydrogens is 813 g/mol. The highest BCUT2D eigenvalue weighted by atomic mass is 16.5. The number of hydrogen-bond acceptors (Lipinski definition) is 8. The summed E-state index contributed by atoms with van der Waals surface area (Å²) in [7, 11) is 1.36. The van der Waals surface area contributed by atoms with Crippen molar-refractivity contribution in [3.63, 3.8) is 0 Å². The van der Waals surface area contributed by atoms with E-state index in [2.05, 4.69) is 94.2 Å². The molecular formula is C55H84N4O6. The summed E-state index contributed by atoms with van der Waals surface area (Å²) in [5, 5.41) is 32.0. The molecule has 0 saturated carbocycles. The maximum Gasteiger partial charge on any atom is 0.320 e. The molecule has 2 saturated heterocycles. The average Bonchev–Trinajstić information content (AvgIpc) is 4.00. The molecule has 1 aliphatic carbocycles. The first-order valence-corrected chi connectivity index (χ1v) is 25.4. The normalized spacial score (nSPS) is 26.6. The molecule has 10 heteroatoms. The summed E-state index contributed by atoms with van der Waals surface area (Å²) in [5.41, 5.74) is 9.11. The van der Waals surface area contributed by atoms with Gasteiger partial charge >= 0.3 is 11.9 Å². The lowest BCUT2D eigenvalue weighted by Gasteiger charge is -2.26. The van der Waals surface area contributed by atoms with E-state index in [0.717, 1.165) is 98.8 Å². The monoisotopic (exact) mass is 897 g/mol. The average molecular weight is 897 g/mol. The van der Waals surface area contributed by atoms with Gasteiger partial charge in [-0.15, -0.1) is 0 Å². The zero-order valence-corrected chi connectivity index (χ0v) is 42.0. The zero-order valence-electron chi connectivity index (χ0n) is 42.0. The minimum Gasteiger partial charge on any atom is -0.510 e. The molecule has 0 spiro atoms. The van der Waals surface area contributed by atoms with Crippen LogP contribution in [-0.2, 0) is 19.1 Å². The SMILES string of the molecule is CC[C@H]1/C2=C/c3[nH]c4c(c3C)=C(O)[C@H](C(=O)OC)C=4[C@H]3N/C(=C\c4[nH]c(c(C(C)O)c4C)/C=C(\N2)[C@@H]1C)[C@@H](C)[C@@H]3CCC(=O)OCCC(C)CCC[C@@H](C)CCC[C@@H](C)CCCC(C)C. The van der Waals surface area contributed by atoms with E-state index in [-0.39, 0.29) is 41.8 Å². The summed E-state index contributed by atoms with van der Waals surface area (Å²) in [6.45, 7) is 24.6. The Hall–Kier alpha value is -4.18. The van der Waals surface area contributed by atoms with Gasteiger partial charge in [0, 0.05) is 69.1 Å². The second kappa shape index (κ2) is 22.1. The van der Waals surface area contributed by atoms with Crippen LogP contribution >= 0.6 is 0 Å². The lowest BCUT2D eigenvalue weighted by atomic mass is 9.80. The fraction of sp³-hybridized carbons (Fsp3) is 0.673. The third kappa shape index (κ3) is 11.3. The Kier molecular flexibility index (Phi) is 17.1. The first kappa shape index (κ1) is 50.2. The van der Waals surface area contributed by atoms with Crippen molar-refractivity contribution in [2.45, 2.75) is 172 Å². The van der Waals surface area contributed by atoms with Gasteiger partial charge in [-0.1, -0.05) is 113 Å². The Morgan fingerprint density at radius 1 is 0.754 bits per heavy atom. The van der Waals surface area contributed by atoms with Gasteiger partial charge in [-0.05, 0) is 105 Å². The van der Waals surface area contributed by atoms with Crippen LogP contribution in [0.2, 0.25) is 0 Å². The van der Waals surface area contributed by atoms with E-state index in [0.29, 0.717) is 24.2 Å². The molecule has 2 aromatic rings. The van der Waals surface area contributed by atoms with E-state index in [4.69, 9.17) is 9.47 Å². The summed E-state index contributed by atoms with van der Waals surface area (Å²) >= 11 is 0. The number of nitrogens with one attached hydrogen (secondary N) is 4. The number of esters is 2. The van der Waals surface area contributed by atoms with Crippen LogP contribution in [0.25, 0.3) is 29.6 Å². The molecule has 2 aromatic heterocycles. The fourth-order valence-electron chi connectivity index (χ4n) is 11.6. The molecule has 0 aromatic carbocycles. The van der Waals surface area contributed by atoms with Gasteiger partial charge in [-0.25, -0.2) is 0 Å². The Morgan fingerprint density at radius 2 is 1.34 bits per heavy atom. The van der Waals surface area contributed by atoms with Gasteiger partial charge < -0.3 is 40.3 Å². The number of aliphatic hydroxyl groups excluding tert-OH is 2. The van der Waals surface area contributed by atoms with E-state index >= 15 is 0 Å². The van der Waals surface area contributed by atoms with E-state index in [1.54, 1.807) is 6.92 Å². The number of aromatic nitrogens is 2. The smallest absolute Gasteiger partial charge is 0.320 e. The highest BCUT2D eigenvalue weighted by molar-refractivity contribution is 5.95. The molecule has 3 aliphatic heterocycles. The second-order valence-corrected chi connectivity index (χ2v) is 21.2. The number of rotatable bonds is 21. The summed E-state index contributed by atoms with van der Waals surface area (Å²) in [6.07, 6.45) is 19.9. The number of methoxy groups -OCH3 is 1. The van der Waals surface area contributed by atoms with Gasteiger partial charge in [-0.3, -0.25) is 9.59 Å². The molecule has 8 bridgehead atoms. The molecule has 2 fully saturated rings. The van der Waals surface area contributed by atoms with Crippen molar-refractivity contribution in [3.05, 3.63) is 61.4 Å². The lowest BCUT2D eigenvalue weighted by molar-refractivity contribution is -0.144. The van der Waals surface area contributed by atoms with E-state index in [1.807, 2.05) is 13.8 Å². The summed E-state index contributed by atoms with van der Waals surface area (Å²) in [6, 6.07) is -0.408. The largest absolute Gasteiger partial charge is 0.510 e. The molecule has 65 heavy (non-hydrogen) atoms. The highest BCUT2D eigenvalue weighted by Crippen LogP contribution is 2.44. The number of allylic oxidation sites excluding steroid dienone is 3. The molecule has 4 aliphatic rings. The number of carbonyl (C=O) groups excluding carboxylic acids is 2. The van der Waals surface area contributed by atoms with Crippen LogP contribution in [0.5, 0.6) is 0 Å². The molecule has 0 amide bonds. The topological polar surface area (TPSA) is 149 Å². The Balaban J connectivity index is 1.18. The van der Waals surface area contributed by atoms with Crippen molar-refractivity contribution in [1.29, 1.82) is 0 Å². The molecule has 6 N–H and O–H groups in total. The van der Waals surface area contributed by atoms with Gasteiger partial charge in [0.15, 0.2) is 0 Å². The summed E-state index contributed by atoms with van der Waals surface area (Å²) < 4.78 is 11.3. The molecule has 0 radical (unpaired) electrons. The van der Waals surface area contributed by atoms with Crippen LogP contribution in [0.3, 0.4) is 0 Å². The van der Waals surface area contributed by atoms with E-state index in [1.165, 1.54) is 58.5 Å². The summed E-state index contributed by atoms with van der Waals surface area (Å²) in [4.78, 5) is 34.5. The minimum absolute atomic E-state index is 0.0145. The highest BCUT2D eigenvalue weighted by Gasteiger charge is 2.47. The Labute approximate surface area is 390 Å². The molecule has 2 unspecified atom stereocenters. The van der Waals surface area contributed by atoms with E-state index in [9.17, 15) is 19.8 Å². The van der Waals surface area contributed by atoms with Gasteiger partial charge in [0.25, 0.3) is 0 Å². The number of aromatic amines is 2. The molecule has 6 rings (SSSR count). The number of fused-ring (bicyclic) bond motifs is 8. The van der Waals surface area contributed by atoms with Crippen LogP contribution in [0.4, 0.5) is 0 Å². The predicted octanol–water partition coefficient (Wildman–Crippen LogP) is 10.6. The second-order valence-electron chi connectivity index (χ2n) is 21.2. The van der Waals surface area contributed by atoms with Crippen molar-refractivity contribution in [2.24, 2.45) is 53.3 Å². The maximum atomic E-state index is 13.7. The predicted molar refractivity (Wildman–Crippen MR) is 264 cm³/mol. The van der Waals surface area contributed by atoms with Crippen molar-refractivity contribution in [1.82, 2.24) is 20.6 Å². The van der Waals surface area contributed by atoms with Gasteiger partial charge in [-0.2, -0.15) is 0 Å². The Morgan fingerprint density at radius 3 is 1.94 bits per heavy atom. The van der Waals surface area contributed by atoms with Crippen LogP contribution in [0.15, 0.2) is 17.1 Å². The van der Waals surface area contributed by atoms with Crippen LogP contribution < -0.4 is 21.2 Å².